The van der Waals surface area contributed by atoms with Crippen LogP contribution in [0.2, 0.25) is 0 Å². The van der Waals surface area contributed by atoms with Crippen molar-refractivity contribution in [3.63, 3.8) is 0 Å². The molecule has 3 heterocycles. The molecule has 1 aliphatic carbocycles. The second-order valence-corrected chi connectivity index (χ2v) is 11.6. The average Bonchev–Trinajstić information content (AvgIpc) is 3.55. The predicted molar refractivity (Wildman–Crippen MR) is 150 cm³/mol. The van der Waals surface area contributed by atoms with Crippen LogP contribution in [0.1, 0.15) is 84.0 Å². The van der Waals surface area contributed by atoms with Gasteiger partial charge >= 0.3 is 0 Å². The van der Waals surface area contributed by atoms with E-state index in [0.29, 0.717) is 63.8 Å². The molecule has 4 aromatic rings. The van der Waals surface area contributed by atoms with Crippen LogP contribution in [0.5, 0.6) is 0 Å². The smallest absolute Gasteiger partial charge is 0.252 e. The van der Waals surface area contributed by atoms with E-state index in [1.54, 1.807) is 6.07 Å². The van der Waals surface area contributed by atoms with E-state index < -0.39 is 6.04 Å². The van der Waals surface area contributed by atoms with Crippen LogP contribution in [0.15, 0.2) is 42.7 Å². The first kappa shape index (κ1) is 25.3. The maximum atomic E-state index is 12.9. The van der Waals surface area contributed by atoms with Gasteiger partial charge < -0.3 is 16.0 Å². The van der Waals surface area contributed by atoms with Gasteiger partial charge in [0.25, 0.3) is 5.91 Å². The van der Waals surface area contributed by atoms with E-state index in [1.165, 1.54) is 6.20 Å². The number of pyridine rings is 1. The third-order valence-corrected chi connectivity index (χ3v) is 7.22. The zero-order valence-electron chi connectivity index (χ0n) is 22.6. The van der Waals surface area contributed by atoms with Crippen molar-refractivity contribution >= 4 is 28.2 Å². The summed E-state index contributed by atoms with van der Waals surface area (Å²) in [5, 5.41) is 39.3. The second kappa shape index (κ2) is 9.65. The van der Waals surface area contributed by atoms with Crippen molar-refractivity contribution in [1.82, 2.24) is 25.3 Å². The van der Waals surface area contributed by atoms with Crippen LogP contribution in [0.3, 0.4) is 0 Å². The molecule has 0 saturated heterocycles. The molecule has 6 rings (SSSR count). The summed E-state index contributed by atoms with van der Waals surface area (Å²) in [6.07, 6.45) is 5.57. The highest BCUT2D eigenvalue weighted by molar-refractivity contribution is 6.01. The van der Waals surface area contributed by atoms with E-state index in [2.05, 4.69) is 64.2 Å². The van der Waals surface area contributed by atoms with Gasteiger partial charge in [0.05, 0.1) is 40.6 Å². The number of nitrogens with one attached hydrogen (secondary N) is 3. The first-order valence-electron chi connectivity index (χ1n) is 13.3. The lowest BCUT2D eigenvalue weighted by molar-refractivity contribution is 0.0965. The van der Waals surface area contributed by atoms with E-state index in [0.717, 1.165) is 24.0 Å². The summed E-state index contributed by atoms with van der Waals surface area (Å²) in [4.78, 5) is 17.3. The zero-order chi connectivity index (χ0) is 28.0. The molecule has 2 aromatic carbocycles. The molecule has 10 heteroatoms. The van der Waals surface area contributed by atoms with E-state index in [-0.39, 0.29) is 11.3 Å². The van der Waals surface area contributed by atoms with Gasteiger partial charge in [-0.2, -0.15) is 10.5 Å². The molecule has 0 unspecified atom stereocenters. The minimum atomic E-state index is -0.506. The number of rotatable bonds is 7. The lowest BCUT2D eigenvalue weighted by atomic mass is 9.94. The molecule has 1 aliphatic heterocycles. The molecule has 1 saturated carbocycles. The minimum absolute atomic E-state index is 0.0387. The standard InChI is InChI=1S/C30H29N9O/c1-30(2,3)16-35-27-19(12-32)14-33-26-18(11-31)9-20(10-23(26)27)36-28(24-15-39(38-37-24)21-7-8-21)22-6-4-5-17-13-34-29(40)25(17)22/h4-6,9-10,14-15,21,28,36H,7-8,13,16H2,1-3H3,(H,33,35)(H,34,40)/t28-/m0/s1. The maximum absolute atomic E-state index is 12.9. The summed E-state index contributed by atoms with van der Waals surface area (Å²) in [6, 6.07) is 13.8. The quantitative estimate of drug-likeness (QED) is 0.308. The molecular formula is C30H29N9O. The monoisotopic (exact) mass is 531 g/mol. The number of carbonyl (C=O) groups is 1. The molecule has 10 nitrogen and oxygen atoms in total. The van der Waals surface area contributed by atoms with Gasteiger partial charge in [0.15, 0.2) is 0 Å². The number of anilines is 2. The molecule has 40 heavy (non-hydrogen) atoms. The van der Waals surface area contributed by atoms with E-state index >= 15 is 0 Å². The van der Waals surface area contributed by atoms with Gasteiger partial charge in [0, 0.05) is 35.9 Å². The summed E-state index contributed by atoms with van der Waals surface area (Å²) in [6.45, 7) is 7.42. The Labute approximate surface area is 232 Å². The topological polar surface area (TPSA) is 144 Å². The van der Waals surface area contributed by atoms with Crippen LogP contribution in [-0.4, -0.2) is 32.4 Å². The predicted octanol–water partition coefficient (Wildman–Crippen LogP) is 4.81. The van der Waals surface area contributed by atoms with Crippen molar-refractivity contribution in [2.75, 3.05) is 17.2 Å². The number of amides is 1. The molecule has 2 aromatic heterocycles. The highest BCUT2D eigenvalue weighted by Crippen LogP contribution is 2.38. The fourth-order valence-corrected chi connectivity index (χ4v) is 5.07. The lowest BCUT2D eigenvalue weighted by Crippen LogP contribution is -2.20. The molecule has 200 valence electrons. The Morgan fingerprint density at radius 1 is 1.18 bits per heavy atom. The molecule has 2 aliphatic rings. The third kappa shape index (κ3) is 4.69. The molecule has 1 amide bonds. The summed E-state index contributed by atoms with van der Waals surface area (Å²) in [7, 11) is 0. The first-order chi connectivity index (χ1) is 19.3. The maximum Gasteiger partial charge on any atom is 0.252 e. The molecule has 1 fully saturated rings. The van der Waals surface area contributed by atoms with Gasteiger partial charge in [0.1, 0.15) is 17.8 Å². The molecular weight excluding hydrogens is 502 g/mol. The number of fused-ring (bicyclic) bond motifs is 2. The Bertz CT molecular complexity index is 1730. The Hall–Kier alpha value is -4.96. The number of hydrogen-bond donors (Lipinski definition) is 3. The molecule has 0 radical (unpaired) electrons. The third-order valence-electron chi connectivity index (χ3n) is 7.22. The zero-order valence-corrected chi connectivity index (χ0v) is 22.6. The van der Waals surface area contributed by atoms with Crippen molar-refractivity contribution in [1.29, 1.82) is 10.5 Å². The van der Waals surface area contributed by atoms with Gasteiger partial charge in [-0.3, -0.25) is 9.78 Å². The van der Waals surface area contributed by atoms with Gasteiger partial charge in [-0.25, -0.2) is 4.68 Å². The minimum Gasteiger partial charge on any atom is -0.383 e. The summed E-state index contributed by atoms with van der Waals surface area (Å²) in [5.74, 6) is -0.125. The normalized spacial score (nSPS) is 15.2. The summed E-state index contributed by atoms with van der Waals surface area (Å²) in [5.41, 5.74) is 5.54. The van der Waals surface area contributed by atoms with E-state index in [1.807, 2.05) is 35.1 Å². The Balaban J connectivity index is 1.49. The largest absolute Gasteiger partial charge is 0.383 e. The van der Waals surface area contributed by atoms with E-state index in [4.69, 9.17) is 0 Å². The average molecular weight is 532 g/mol. The van der Waals surface area contributed by atoms with Crippen molar-refractivity contribution in [3.05, 3.63) is 76.2 Å². The van der Waals surface area contributed by atoms with Crippen molar-refractivity contribution < 1.29 is 4.79 Å². The number of hydrogen-bond acceptors (Lipinski definition) is 8. The molecule has 0 bridgehead atoms. The summed E-state index contributed by atoms with van der Waals surface area (Å²) >= 11 is 0. The van der Waals surface area contributed by atoms with Crippen LogP contribution in [0.4, 0.5) is 11.4 Å². The first-order valence-corrected chi connectivity index (χ1v) is 13.3. The van der Waals surface area contributed by atoms with Gasteiger partial charge in [-0.15, -0.1) is 5.10 Å². The summed E-state index contributed by atoms with van der Waals surface area (Å²) < 4.78 is 1.88. The highest BCUT2D eigenvalue weighted by Gasteiger charge is 2.31. The van der Waals surface area contributed by atoms with Crippen molar-refractivity contribution in [3.8, 4) is 12.1 Å². The SMILES string of the molecule is CC(C)(C)CNc1c(C#N)cnc2c(C#N)cc(N[C@H](c3cn(C4CC4)nn3)c3cccc4c3C(=O)NC4)cc12. The number of nitriles is 2. The highest BCUT2D eigenvalue weighted by atomic mass is 16.1. The second-order valence-electron chi connectivity index (χ2n) is 11.6. The number of nitrogens with zero attached hydrogens (tertiary/aromatic N) is 6. The number of benzene rings is 2. The Morgan fingerprint density at radius 3 is 2.70 bits per heavy atom. The van der Waals surface area contributed by atoms with Gasteiger partial charge in [-0.1, -0.05) is 44.2 Å². The van der Waals surface area contributed by atoms with Gasteiger partial charge in [0.2, 0.25) is 0 Å². The number of aromatic nitrogens is 4. The molecule has 0 spiro atoms. The molecule has 1 atom stereocenters. The van der Waals surface area contributed by atoms with Crippen molar-refractivity contribution in [2.24, 2.45) is 5.41 Å². The fourth-order valence-electron chi connectivity index (χ4n) is 5.07. The van der Waals surface area contributed by atoms with Crippen molar-refractivity contribution in [2.45, 2.75) is 52.2 Å². The van der Waals surface area contributed by atoms with Crippen LogP contribution in [0.25, 0.3) is 10.9 Å². The van der Waals surface area contributed by atoms with Crippen LogP contribution in [-0.2, 0) is 6.54 Å². The van der Waals surface area contributed by atoms with Crippen LogP contribution >= 0.6 is 0 Å². The fraction of sp³-hybridized carbons (Fsp3) is 0.333. The Kier molecular flexibility index (Phi) is 6.11. The lowest BCUT2D eigenvalue weighted by Gasteiger charge is -2.23. The van der Waals surface area contributed by atoms with Crippen LogP contribution in [0, 0.1) is 28.1 Å². The van der Waals surface area contributed by atoms with E-state index in [9.17, 15) is 15.3 Å². The van der Waals surface area contributed by atoms with Crippen LogP contribution < -0.4 is 16.0 Å². The number of carbonyl (C=O) groups excluding carboxylic acids is 1. The van der Waals surface area contributed by atoms with Gasteiger partial charge in [-0.05, 0) is 41.5 Å². The molecule has 3 N–H and O–H groups in total. The Morgan fingerprint density at radius 2 is 1.98 bits per heavy atom.